The first-order valence-corrected chi connectivity index (χ1v) is 7.07. The monoisotopic (exact) mass is 281 g/mol. The van der Waals surface area contributed by atoms with Crippen LogP contribution in [0.1, 0.15) is 30.5 Å². The molecule has 2 N–H and O–H groups in total. The standard InChI is InChI=1S/C16H27NO3/c1-11(2)17-8-14-6-12(3)16(13(4)7-14)20-10-15(18)9-19-5/h6-7,11,15,17-18H,8-10H2,1-5H3. The molecular formula is C16H27NO3. The molecule has 0 amide bonds. The van der Waals surface area contributed by atoms with Crippen LogP contribution in [0.2, 0.25) is 0 Å². The van der Waals surface area contributed by atoms with Crippen molar-refractivity contribution in [3.63, 3.8) is 0 Å². The quantitative estimate of drug-likeness (QED) is 0.767. The smallest absolute Gasteiger partial charge is 0.125 e. The highest BCUT2D eigenvalue weighted by atomic mass is 16.5. The van der Waals surface area contributed by atoms with Gasteiger partial charge in [0, 0.05) is 19.7 Å². The summed E-state index contributed by atoms with van der Waals surface area (Å²) in [6.45, 7) is 9.72. The van der Waals surface area contributed by atoms with E-state index in [-0.39, 0.29) is 13.2 Å². The van der Waals surface area contributed by atoms with E-state index >= 15 is 0 Å². The number of ether oxygens (including phenoxy) is 2. The summed E-state index contributed by atoms with van der Waals surface area (Å²) in [5, 5.41) is 13.0. The maximum absolute atomic E-state index is 9.63. The minimum absolute atomic E-state index is 0.249. The van der Waals surface area contributed by atoms with Gasteiger partial charge in [0.1, 0.15) is 18.5 Å². The fourth-order valence-electron chi connectivity index (χ4n) is 2.11. The molecule has 0 saturated carbocycles. The topological polar surface area (TPSA) is 50.7 Å². The van der Waals surface area contributed by atoms with Gasteiger partial charge < -0.3 is 19.9 Å². The highest BCUT2D eigenvalue weighted by molar-refractivity contribution is 5.43. The first-order chi connectivity index (χ1) is 9.43. The summed E-state index contributed by atoms with van der Waals surface area (Å²) >= 11 is 0. The SMILES string of the molecule is COCC(O)COc1c(C)cc(CNC(C)C)cc1C. The predicted octanol–water partition coefficient (Wildman–Crippen LogP) is 2.19. The molecule has 0 spiro atoms. The first-order valence-electron chi connectivity index (χ1n) is 7.07. The van der Waals surface area contributed by atoms with Crippen molar-refractivity contribution in [2.24, 2.45) is 0 Å². The third-order valence-electron chi connectivity index (χ3n) is 3.01. The van der Waals surface area contributed by atoms with Gasteiger partial charge >= 0.3 is 0 Å². The largest absolute Gasteiger partial charge is 0.490 e. The van der Waals surface area contributed by atoms with E-state index in [0.717, 1.165) is 23.4 Å². The first kappa shape index (κ1) is 17.0. The Morgan fingerprint density at radius 3 is 2.25 bits per heavy atom. The Bertz CT molecular complexity index is 395. The minimum Gasteiger partial charge on any atom is -0.490 e. The molecule has 0 saturated heterocycles. The van der Waals surface area contributed by atoms with Crippen LogP contribution in [-0.2, 0) is 11.3 Å². The fourth-order valence-corrected chi connectivity index (χ4v) is 2.11. The highest BCUT2D eigenvalue weighted by Crippen LogP contribution is 2.25. The third kappa shape index (κ3) is 5.49. The molecule has 0 aliphatic heterocycles. The summed E-state index contributed by atoms with van der Waals surface area (Å²) in [6.07, 6.45) is -0.596. The lowest BCUT2D eigenvalue weighted by Gasteiger charge is -2.17. The average molecular weight is 281 g/mol. The van der Waals surface area contributed by atoms with Crippen LogP contribution < -0.4 is 10.1 Å². The van der Waals surface area contributed by atoms with Crippen molar-refractivity contribution in [2.45, 2.75) is 46.4 Å². The third-order valence-corrected chi connectivity index (χ3v) is 3.01. The van der Waals surface area contributed by atoms with Crippen LogP contribution in [0.3, 0.4) is 0 Å². The van der Waals surface area contributed by atoms with Gasteiger partial charge in [0.2, 0.25) is 0 Å². The van der Waals surface area contributed by atoms with Crippen molar-refractivity contribution in [3.05, 3.63) is 28.8 Å². The second kappa shape index (κ2) is 8.25. The summed E-state index contributed by atoms with van der Waals surface area (Å²) in [6, 6.07) is 4.72. The number of aliphatic hydroxyl groups is 1. The zero-order chi connectivity index (χ0) is 15.1. The van der Waals surface area contributed by atoms with E-state index in [1.54, 1.807) is 7.11 Å². The number of aryl methyl sites for hydroxylation is 2. The maximum atomic E-state index is 9.63. The lowest BCUT2D eigenvalue weighted by atomic mass is 10.1. The summed E-state index contributed by atoms with van der Waals surface area (Å²) in [4.78, 5) is 0. The van der Waals surface area contributed by atoms with E-state index in [0.29, 0.717) is 6.04 Å². The number of hydrogen-bond acceptors (Lipinski definition) is 4. The zero-order valence-corrected chi connectivity index (χ0v) is 13.2. The van der Waals surface area contributed by atoms with Crippen molar-refractivity contribution in [1.29, 1.82) is 0 Å². The second-order valence-electron chi connectivity index (χ2n) is 5.51. The van der Waals surface area contributed by atoms with Crippen LogP contribution in [0.25, 0.3) is 0 Å². The van der Waals surface area contributed by atoms with Crippen molar-refractivity contribution >= 4 is 0 Å². The Hall–Kier alpha value is -1.10. The molecule has 0 fully saturated rings. The van der Waals surface area contributed by atoms with E-state index in [1.807, 2.05) is 13.8 Å². The molecule has 0 aliphatic carbocycles. The van der Waals surface area contributed by atoms with Gasteiger partial charge in [-0.3, -0.25) is 0 Å². The van der Waals surface area contributed by atoms with Crippen LogP contribution >= 0.6 is 0 Å². The van der Waals surface area contributed by atoms with Gasteiger partial charge in [-0.25, -0.2) is 0 Å². The number of rotatable bonds is 8. The molecule has 1 rings (SSSR count). The van der Waals surface area contributed by atoms with E-state index in [1.165, 1.54) is 5.56 Å². The molecule has 20 heavy (non-hydrogen) atoms. The Morgan fingerprint density at radius 1 is 1.15 bits per heavy atom. The zero-order valence-electron chi connectivity index (χ0n) is 13.2. The van der Waals surface area contributed by atoms with Gasteiger partial charge in [0.05, 0.1) is 6.61 Å². The van der Waals surface area contributed by atoms with Gasteiger partial charge in [0.25, 0.3) is 0 Å². The number of methoxy groups -OCH3 is 1. The molecule has 0 radical (unpaired) electrons. The van der Waals surface area contributed by atoms with E-state index in [4.69, 9.17) is 9.47 Å². The van der Waals surface area contributed by atoms with Crippen LogP contribution in [0.15, 0.2) is 12.1 Å². The normalized spacial score (nSPS) is 12.8. The van der Waals surface area contributed by atoms with Gasteiger partial charge in [-0.2, -0.15) is 0 Å². The molecule has 0 aliphatic rings. The van der Waals surface area contributed by atoms with E-state index < -0.39 is 6.10 Å². The second-order valence-corrected chi connectivity index (χ2v) is 5.51. The Balaban J connectivity index is 2.68. The van der Waals surface area contributed by atoms with Gasteiger partial charge in [-0.1, -0.05) is 26.0 Å². The van der Waals surface area contributed by atoms with Crippen LogP contribution in [0.5, 0.6) is 5.75 Å². The molecule has 4 nitrogen and oxygen atoms in total. The fraction of sp³-hybridized carbons (Fsp3) is 0.625. The summed E-state index contributed by atoms with van der Waals surface area (Å²) < 4.78 is 10.6. The molecule has 1 unspecified atom stereocenters. The lowest BCUT2D eigenvalue weighted by Crippen LogP contribution is -2.23. The molecule has 114 valence electrons. The molecule has 1 atom stereocenters. The highest BCUT2D eigenvalue weighted by Gasteiger charge is 2.10. The van der Waals surface area contributed by atoms with E-state index in [9.17, 15) is 5.11 Å². The van der Waals surface area contributed by atoms with Gasteiger partial charge in [-0.05, 0) is 30.5 Å². The van der Waals surface area contributed by atoms with Crippen molar-refractivity contribution in [1.82, 2.24) is 5.32 Å². The maximum Gasteiger partial charge on any atom is 0.125 e. The number of aliphatic hydroxyl groups excluding tert-OH is 1. The minimum atomic E-state index is -0.596. The molecule has 0 heterocycles. The molecular weight excluding hydrogens is 254 g/mol. The van der Waals surface area contributed by atoms with Crippen LogP contribution in [-0.4, -0.2) is 37.6 Å². The molecule has 1 aromatic rings. The Morgan fingerprint density at radius 2 is 1.75 bits per heavy atom. The lowest BCUT2D eigenvalue weighted by molar-refractivity contribution is 0.0322. The van der Waals surface area contributed by atoms with Crippen LogP contribution in [0.4, 0.5) is 0 Å². The molecule has 0 bridgehead atoms. The van der Waals surface area contributed by atoms with Gasteiger partial charge in [-0.15, -0.1) is 0 Å². The van der Waals surface area contributed by atoms with Crippen molar-refractivity contribution in [2.75, 3.05) is 20.3 Å². The summed E-state index contributed by atoms with van der Waals surface area (Å²) in [7, 11) is 1.57. The van der Waals surface area contributed by atoms with E-state index in [2.05, 4.69) is 31.3 Å². The van der Waals surface area contributed by atoms with Crippen LogP contribution in [0, 0.1) is 13.8 Å². The Labute approximate surface area is 122 Å². The predicted molar refractivity (Wildman–Crippen MR) is 81.3 cm³/mol. The van der Waals surface area contributed by atoms with Gasteiger partial charge in [0.15, 0.2) is 0 Å². The summed E-state index contributed by atoms with van der Waals surface area (Å²) in [5.74, 6) is 0.855. The summed E-state index contributed by atoms with van der Waals surface area (Å²) in [5.41, 5.74) is 3.43. The molecule has 1 aromatic carbocycles. The average Bonchev–Trinajstić information content (AvgIpc) is 2.35. The Kier molecular flexibility index (Phi) is 6.99. The molecule has 0 aromatic heterocycles. The molecule has 4 heteroatoms. The number of nitrogens with one attached hydrogen (secondary N) is 1. The number of benzene rings is 1. The van der Waals surface area contributed by atoms with Crippen molar-refractivity contribution in [3.8, 4) is 5.75 Å². The number of hydrogen-bond donors (Lipinski definition) is 2. The van der Waals surface area contributed by atoms with Crippen molar-refractivity contribution < 1.29 is 14.6 Å².